The number of fused-ring (bicyclic) bond motifs is 2. The summed E-state index contributed by atoms with van der Waals surface area (Å²) >= 11 is 0. The molecule has 0 amide bonds. The molecule has 0 bridgehead atoms. The van der Waals surface area contributed by atoms with E-state index in [-0.39, 0.29) is 40.9 Å². The summed E-state index contributed by atoms with van der Waals surface area (Å²) in [5.74, 6) is -1.13. The van der Waals surface area contributed by atoms with E-state index in [1.165, 1.54) is 20.1 Å². The van der Waals surface area contributed by atoms with Gasteiger partial charge >= 0.3 is 0 Å². The first kappa shape index (κ1) is 18.6. The van der Waals surface area contributed by atoms with E-state index in [1.807, 2.05) is 0 Å². The Hall–Kier alpha value is -2.74. The van der Waals surface area contributed by atoms with Crippen LogP contribution in [0.1, 0.15) is 40.5 Å². The average Bonchev–Trinajstić information content (AvgIpc) is 2.65. The number of methoxy groups -OCH3 is 1. The molecule has 0 aliphatic heterocycles. The number of Topliss-reactive ketones (excluding diaryl/α,β-unsaturated/α-hetero) is 2. The van der Waals surface area contributed by atoms with Gasteiger partial charge in [-0.05, 0) is 19.1 Å². The molecule has 3 atom stereocenters. The number of hydrogen-bond donors (Lipinski definition) is 4. The number of aliphatic hydroxyl groups excluding tert-OH is 2. The average molecular weight is 384 g/mol. The smallest absolute Gasteiger partial charge is 0.194 e. The lowest BCUT2D eigenvalue weighted by Crippen LogP contribution is -2.50. The molecule has 2 aliphatic carbocycles. The summed E-state index contributed by atoms with van der Waals surface area (Å²) in [7, 11) is 1.46. The zero-order valence-corrected chi connectivity index (χ0v) is 15.4. The molecule has 0 fully saturated rings. The van der Waals surface area contributed by atoms with Gasteiger partial charge in [0.1, 0.15) is 11.5 Å². The Labute approximate surface area is 160 Å². The summed E-state index contributed by atoms with van der Waals surface area (Å²) in [6.45, 7) is 1.36. The Morgan fingerprint density at radius 2 is 1.93 bits per heavy atom. The monoisotopic (exact) mass is 384 g/mol. The van der Waals surface area contributed by atoms with E-state index in [9.17, 15) is 30.0 Å². The molecule has 2 aromatic rings. The van der Waals surface area contributed by atoms with E-state index in [4.69, 9.17) is 4.74 Å². The second kappa shape index (κ2) is 6.13. The van der Waals surface area contributed by atoms with E-state index < -0.39 is 29.4 Å². The summed E-state index contributed by atoms with van der Waals surface area (Å²) in [6.07, 6.45) is -3.16. The Morgan fingerprint density at radius 3 is 2.57 bits per heavy atom. The molecule has 0 aromatic heterocycles. The zero-order valence-electron chi connectivity index (χ0n) is 15.4. The van der Waals surface area contributed by atoms with Crippen molar-refractivity contribution >= 4 is 22.3 Å². The van der Waals surface area contributed by atoms with E-state index in [2.05, 4.69) is 0 Å². The molecule has 0 saturated carbocycles. The molecule has 28 heavy (non-hydrogen) atoms. The van der Waals surface area contributed by atoms with E-state index in [1.54, 1.807) is 18.2 Å². The van der Waals surface area contributed by atoms with Gasteiger partial charge < -0.3 is 25.2 Å². The van der Waals surface area contributed by atoms with Crippen LogP contribution in [0.2, 0.25) is 0 Å². The van der Waals surface area contributed by atoms with Gasteiger partial charge in [0, 0.05) is 40.3 Å². The first-order chi connectivity index (χ1) is 13.2. The van der Waals surface area contributed by atoms with Crippen LogP contribution in [-0.2, 0) is 0 Å². The Balaban J connectivity index is 1.98. The Morgan fingerprint density at radius 1 is 1.21 bits per heavy atom. The first-order valence-electron chi connectivity index (χ1n) is 8.93. The highest BCUT2D eigenvalue weighted by Crippen LogP contribution is 2.45. The number of carbonyl (C=O) groups excluding carboxylic acids is 2. The van der Waals surface area contributed by atoms with Crippen molar-refractivity contribution in [1.29, 1.82) is 0 Å². The predicted molar refractivity (Wildman–Crippen MR) is 99.7 cm³/mol. The van der Waals surface area contributed by atoms with Crippen LogP contribution < -0.4 is 4.74 Å². The van der Waals surface area contributed by atoms with Gasteiger partial charge in [-0.15, -0.1) is 0 Å². The fourth-order valence-corrected chi connectivity index (χ4v) is 4.18. The summed E-state index contributed by atoms with van der Waals surface area (Å²) < 4.78 is 5.29. The molecular weight excluding hydrogens is 364 g/mol. The number of phenols is 1. The van der Waals surface area contributed by atoms with Gasteiger partial charge in [-0.1, -0.05) is 12.1 Å². The van der Waals surface area contributed by atoms with Crippen molar-refractivity contribution in [2.24, 2.45) is 0 Å². The molecule has 4 N–H and O–H groups in total. The fourth-order valence-electron chi connectivity index (χ4n) is 4.18. The number of hydrogen-bond acceptors (Lipinski definition) is 7. The van der Waals surface area contributed by atoms with Crippen LogP contribution in [0.5, 0.6) is 11.5 Å². The number of ketones is 2. The Bertz CT molecular complexity index is 1070. The highest BCUT2D eigenvalue weighted by molar-refractivity contribution is 6.30. The molecule has 0 saturated heterocycles. The lowest BCUT2D eigenvalue weighted by molar-refractivity contribution is -0.0922. The summed E-state index contributed by atoms with van der Waals surface area (Å²) in [5.41, 5.74) is -2.07. The third-order valence-corrected chi connectivity index (χ3v) is 5.79. The maximum absolute atomic E-state index is 13.2. The van der Waals surface area contributed by atoms with E-state index >= 15 is 0 Å². The predicted octanol–water partition coefficient (Wildman–Crippen LogP) is 1.50. The maximum Gasteiger partial charge on any atom is 0.194 e. The minimum atomic E-state index is -1.73. The third-order valence-electron chi connectivity index (χ3n) is 5.79. The number of aromatic hydroxyl groups is 1. The molecular formula is C21H20O7. The van der Waals surface area contributed by atoms with Gasteiger partial charge in [0.25, 0.3) is 0 Å². The molecule has 7 heteroatoms. The van der Waals surface area contributed by atoms with Gasteiger partial charge in [-0.2, -0.15) is 0 Å². The quantitative estimate of drug-likeness (QED) is 0.618. The molecule has 146 valence electrons. The minimum Gasteiger partial charge on any atom is -0.506 e. The number of phenolic OH excluding ortho intramolecular Hbond substituents is 1. The van der Waals surface area contributed by atoms with Crippen LogP contribution in [0, 0.1) is 0 Å². The van der Waals surface area contributed by atoms with Crippen molar-refractivity contribution in [1.82, 2.24) is 0 Å². The molecule has 1 unspecified atom stereocenters. The Kier molecular flexibility index (Phi) is 4.08. The van der Waals surface area contributed by atoms with Crippen molar-refractivity contribution in [3.05, 3.63) is 46.5 Å². The highest BCUT2D eigenvalue weighted by Gasteiger charge is 2.48. The van der Waals surface area contributed by atoms with E-state index in [0.717, 1.165) is 0 Å². The number of ether oxygens (including phenoxy) is 1. The van der Waals surface area contributed by atoms with Crippen molar-refractivity contribution in [3.8, 4) is 11.5 Å². The largest absolute Gasteiger partial charge is 0.506 e. The van der Waals surface area contributed by atoms with Crippen molar-refractivity contribution in [3.63, 3.8) is 0 Å². The van der Waals surface area contributed by atoms with Crippen molar-refractivity contribution < 1.29 is 34.8 Å². The third kappa shape index (κ3) is 2.40. The van der Waals surface area contributed by atoms with Gasteiger partial charge in [0.2, 0.25) is 0 Å². The summed E-state index contributed by atoms with van der Waals surface area (Å²) in [5, 5.41) is 42.6. The van der Waals surface area contributed by atoms with Crippen LogP contribution in [0.4, 0.5) is 0 Å². The summed E-state index contributed by atoms with van der Waals surface area (Å²) in [6, 6.07) is 6.42. The molecule has 0 heterocycles. The topological polar surface area (TPSA) is 124 Å². The van der Waals surface area contributed by atoms with Gasteiger partial charge in [-0.25, -0.2) is 0 Å². The maximum atomic E-state index is 13.2. The molecule has 7 nitrogen and oxygen atoms in total. The number of benzene rings is 2. The van der Waals surface area contributed by atoms with Crippen LogP contribution in [0.25, 0.3) is 10.8 Å². The standard InChI is InChI=1S/C21H20O7/c1-9(22)21(27)7-13-16(14(23)8-21)19(25)12-6-11-10(4-3-5-15(11)28-2)18(24)17(12)20(13)26/h3-6,9,14,22-24,27H,7-8H2,1-2H3/t9?,14-,21-/m0/s1. The van der Waals surface area contributed by atoms with Crippen LogP contribution in [0.15, 0.2) is 35.4 Å². The molecule has 2 aromatic carbocycles. The number of carbonyl (C=O) groups is 2. The zero-order chi connectivity index (χ0) is 20.4. The lowest BCUT2D eigenvalue weighted by Gasteiger charge is -2.40. The fraction of sp³-hybridized carbons (Fsp3) is 0.333. The van der Waals surface area contributed by atoms with Gasteiger partial charge in [-0.3, -0.25) is 9.59 Å². The number of rotatable bonds is 2. The molecule has 0 spiro atoms. The second-order valence-corrected chi connectivity index (χ2v) is 7.43. The SMILES string of the molecule is COc1cccc2c(O)c3c(cc12)C(=O)C1=C(C[C@@](O)(C(C)O)C[C@@H]1O)C3=O. The van der Waals surface area contributed by atoms with Crippen molar-refractivity contribution in [2.45, 2.75) is 37.6 Å². The molecule has 2 aliphatic rings. The second-order valence-electron chi connectivity index (χ2n) is 7.43. The highest BCUT2D eigenvalue weighted by atomic mass is 16.5. The van der Waals surface area contributed by atoms with Crippen LogP contribution in [-0.4, -0.2) is 56.9 Å². The van der Waals surface area contributed by atoms with Gasteiger partial charge in [0.05, 0.1) is 30.5 Å². The normalized spacial score (nSPS) is 25.5. The number of aliphatic hydroxyl groups is 3. The first-order valence-corrected chi connectivity index (χ1v) is 8.93. The molecule has 0 radical (unpaired) electrons. The summed E-state index contributed by atoms with van der Waals surface area (Å²) in [4.78, 5) is 26.3. The molecule has 4 rings (SSSR count). The minimum absolute atomic E-state index is 0.0141. The van der Waals surface area contributed by atoms with Crippen molar-refractivity contribution in [2.75, 3.05) is 7.11 Å². The lowest BCUT2D eigenvalue weighted by atomic mass is 9.69. The van der Waals surface area contributed by atoms with Gasteiger partial charge in [0.15, 0.2) is 11.6 Å². The van der Waals surface area contributed by atoms with Crippen LogP contribution in [0.3, 0.4) is 0 Å². The van der Waals surface area contributed by atoms with Crippen LogP contribution >= 0.6 is 0 Å². The van der Waals surface area contributed by atoms with E-state index in [0.29, 0.717) is 16.5 Å².